The van der Waals surface area contributed by atoms with Gasteiger partial charge in [-0.15, -0.1) is 0 Å². The van der Waals surface area contributed by atoms with Crippen LogP contribution in [0.5, 0.6) is 0 Å². The van der Waals surface area contributed by atoms with E-state index in [4.69, 9.17) is 5.73 Å². The second-order valence-corrected chi connectivity index (χ2v) is 6.69. The highest BCUT2D eigenvalue weighted by molar-refractivity contribution is 5.52. The predicted octanol–water partition coefficient (Wildman–Crippen LogP) is 3.83. The Balaban J connectivity index is 2.78. The van der Waals surface area contributed by atoms with E-state index in [9.17, 15) is 0 Å². The van der Waals surface area contributed by atoms with E-state index in [1.165, 1.54) is 17.7 Å². The average Bonchev–Trinajstić information content (AvgIpc) is 2.34. The quantitative estimate of drug-likeness (QED) is 0.844. The molecule has 2 heteroatoms. The summed E-state index contributed by atoms with van der Waals surface area (Å²) in [6.07, 6.45) is 1.17. The zero-order chi connectivity index (χ0) is 14.5. The van der Waals surface area contributed by atoms with Crippen molar-refractivity contribution in [1.29, 1.82) is 0 Å². The third-order valence-electron chi connectivity index (χ3n) is 3.55. The average molecular weight is 262 g/mol. The highest BCUT2D eigenvalue weighted by Gasteiger charge is 2.20. The van der Waals surface area contributed by atoms with Crippen LogP contribution >= 0.6 is 0 Å². The third kappa shape index (κ3) is 5.23. The molecule has 2 nitrogen and oxygen atoms in total. The summed E-state index contributed by atoms with van der Waals surface area (Å²) in [6, 6.07) is 8.61. The van der Waals surface area contributed by atoms with Crippen molar-refractivity contribution in [2.75, 3.05) is 24.5 Å². The molecule has 0 aliphatic carbocycles. The molecule has 0 radical (unpaired) electrons. The van der Waals surface area contributed by atoms with Gasteiger partial charge in [0.05, 0.1) is 0 Å². The molecule has 0 amide bonds. The van der Waals surface area contributed by atoms with E-state index < -0.39 is 0 Å². The number of benzene rings is 1. The second kappa shape index (κ2) is 6.95. The Labute approximate surface area is 119 Å². The topological polar surface area (TPSA) is 29.3 Å². The van der Waals surface area contributed by atoms with Crippen molar-refractivity contribution in [2.45, 2.75) is 41.0 Å². The van der Waals surface area contributed by atoms with Gasteiger partial charge in [-0.05, 0) is 49.8 Å². The number of nitrogens with two attached hydrogens (primary N) is 1. The molecule has 1 rings (SSSR count). The van der Waals surface area contributed by atoms with Crippen molar-refractivity contribution in [3.63, 3.8) is 0 Å². The third-order valence-corrected chi connectivity index (χ3v) is 3.55. The summed E-state index contributed by atoms with van der Waals surface area (Å²) >= 11 is 0. The maximum Gasteiger partial charge on any atom is 0.0395 e. The van der Waals surface area contributed by atoms with Gasteiger partial charge < -0.3 is 10.6 Å². The first-order chi connectivity index (χ1) is 8.87. The van der Waals surface area contributed by atoms with Gasteiger partial charge in [0.25, 0.3) is 0 Å². The molecular weight excluding hydrogens is 232 g/mol. The lowest BCUT2D eigenvalue weighted by atomic mass is 9.84. The Hall–Kier alpha value is -1.02. The molecule has 0 heterocycles. The molecule has 0 saturated carbocycles. The Bertz CT molecular complexity index is 379. The van der Waals surface area contributed by atoms with Gasteiger partial charge in [-0.1, -0.05) is 39.0 Å². The van der Waals surface area contributed by atoms with Crippen molar-refractivity contribution in [3.8, 4) is 0 Å². The van der Waals surface area contributed by atoms with E-state index in [0.29, 0.717) is 11.3 Å². The van der Waals surface area contributed by atoms with E-state index >= 15 is 0 Å². The number of anilines is 1. The molecule has 0 spiro atoms. The van der Waals surface area contributed by atoms with Crippen molar-refractivity contribution in [3.05, 3.63) is 29.8 Å². The molecule has 0 aromatic heterocycles. The van der Waals surface area contributed by atoms with Gasteiger partial charge in [0.2, 0.25) is 0 Å². The molecule has 1 aromatic carbocycles. The molecule has 0 bridgehead atoms. The first-order valence-corrected chi connectivity index (χ1v) is 7.38. The van der Waals surface area contributed by atoms with Crippen LogP contribution in [0.4, 0.5) is 5.69 Å². The first-order valence-electron chi connectivity index (χ1n) is 7.38. The van der Waals surface area contributed by atoms with Crippen molar-refractivity contribution in [2.24, 2.45) is 17.1 Å². The summed E-state index contributed by atoms with van der Waals surface area (Å²) in [7, 11) is 0. The van der Waals surface area contributed by atoms with Crippen LogP contribution in [-0.4, -0.2) is 19.6 Å². The van der Waals surface area contributed by atoms with E-state index in [2.05, 4.69) is 63.8 Å². The van der Waals surface area contributed by atoms with Gasteiger partial charge >= 0.3 is 0 Å². The molecule has 0 fully saturated rings. The summed E-state index contributed by atoms with van der Waals surface area (Å²) in [5, 5.41) is 0. The van der Waals surface area contributed by atoms with Crippen LogP contribution in [0.25, 0.3) is 0 Å². The van der Waals surface area contributed by atoms with Gasteiger partial charge in [0.1, 0.15) is 0 Å². The molecule has 0 aliphatic rings. The van der Waals surface area contributed by atoms with Crippen LogP contribution in [0.3, 0.4) is 0 Å². The fourth-order valence-electron chi connectivity index (χ4n) is 2.72. The normalized spacial score (nSPS) is 13.4. The number of rotatable bonds is 6. The summed E-state index contributed by atoms with van der Waals surface area (Å²) in [4.78, 5) is 2.46. The van der Waals surface area contributed by atoms with Gasteiger partial charge in [0.15, 0.2) is 0 Å². The van der Waals surface area contributed by atoms with Gasteiger partial charge in [0, 0.05) is 18.8 Å². The molecule has 1 unspecified atom stereocenters. The first kappa shape index (κ1) is 16.0. The number of aryl methyl sites for hydroxylation is 1. The minimum atomic E-state index is 0.342. The monoisotopic (exact) mass is 262 g/mol. The Morgan fingerprint density at radius 1 is 1.21 bits per heavy atom. The number of para-hydroxylation sites is 1. The van der Waals surface area contributed by atoms with E-state index in [1.807, 2.05) is 0 Å². The van der Waals surface area contributed by atoms with E-state index in [-0.39, 0.29) is 0 Å². The van der Waals surface area contributed by atoms with Crippen LogP contribution in [-0.2, 0) is 0 Å². The number of hydrogen-bond acceptors (Lipinski definition) is 2. The Kier molecular flexibility index (Phi) is 5.86. The van der Waals surface area contributed by atoms with Gasteiger partial charge in [-0.25, -0.2) is 0 Å². The molecule has 1 aromatic rings. The number of hydrogen-bond donors (Lipinski definition) is 1. The second-order valence-electron chi connectivity index (χ2n) is 6.69. The zero-order valence-electron chi connectivity index (χ0n) is 13.2. The molecule has 2 N–H and O–H groups in total. The van der Waals surface area contributed by atoms with Gasteiger partial charge in [-0.2, -0.15) is 0 Å². The minimum absolute atomic E-state index is 0.342. The highest BCUT2D eigenvalue weighted by Crippen LogP contribution is 2.27. The highest BCUT2D eigenvalue weighted by atomic mass is 15.1. The van der Waals surface area contributed by atoms with Crippen LogP contribution in [0.15, 0.2) is 24.3 Å². The van der Waals surface area contributed by atoms with E-state index in [1.54, 1.807) is 0 Å². The van der Waals surface area contributed by atoms with Crippen LogP contribution in [0, 0.1) is 18.3 Å². The van der Waals surface area contributed by atoms with Crippen LogP contribution < -0.4 is 10.6 Å². The summed E-state index contributed by atoms with van der Waals surface area (Å²) in [6.45, 7) is 14.1. The molecule has 19 heavy (non-hydrogen) atoms. The lowest BCUT2D eigenvalue weighted by Crippen LogP contribution is -2.35. The largest absolute Gasteiger partial charge is 0.371 e. The standard InChI is InChI=1S/C17H30N2/c1-6-19(16-10-8-7-9-14(16)2)13-15(12-18)11-17(3,4)5/h7-10,15H,6,11-13,18H2,1-5H3. The Morgan fingerprint density at radius 2 is 1.84 bits per heavy atom. The fraction of sp³-hybridized carbons (Fsp3) is 0.647. The fourth-order valence-corrected chi connectivity index (χ4v) is 2.72. The summed E-state index contributed by atoms with van der Waals surface area (Å²) in [5.74, 6) is 0.555. The van der Waals surface area contributed by atoms with Crippen LogP contribution in [0.2, 0.25) is 0 Å². The smallest absolute Gasteiger partial charge is 0.0395 e. The molecular formula is C17H30N2. The van der Waals surface area contributed by atoms with Crippen molar-refractivity contribution < 1.29 is 0 Å². The maximum atomic E-state index is 5.97. The zero-order valence-corrected chi connectivity index (χ0v) is 13.2. The van der Waals surface area contributed by atoms with Crippen LogP contribution in [0.1, 0.15) is 39.7 Å². The molecule has 1 atom stereocenters. The minimum Gasteiger partial charge on any atom is -0.371 e. The predicted molar refractivity (Wildman–Crippen MR) is 85.7 cm³/mol. The molecule has 108 valence electrons. The summed E-state index contributed by atoms with van der Waals surface area (Å²) in [5.41, 5.74) is 9.00. The van der Waals surface area contributed by atoms with Gasteiger partial charge in [-0.3, -0.25) is 0 Å². The van der Waals surface area contributed by atoms with E-state index in [0.717, 1.165) is 19.6 Å². The molecule has 0 saturated heterocycles. The lowest BCUT2D eigenvalue weighted by molar-refractivity contribution is 0.298. The summed E-state index contributed by atoms with van der Waals surface area (Å²) < 4.78 is 0. The van der Waals surface area contributed by atoms with Crippen molar-refractivity contribution in [1.82, 2.24) is 0 Å². The lowest BCUT2D eigenvalue weighted by Gasteiger charge is -2.32. The number of nitrogens with zero attached hydrogens (tertiary/aromatic N) is 1. The molecule has 0 aliphatic heterocycles. The maximum absolute atomic E-state index is 5.97. The Morgan fingerprint density at radius 3 is 2.32 bits per heavy atom. The van der Waals surface area contributed by atoms with Crippen molar-refractivity contribution >= 4 is 5.69 Å². The SMILES string of the molecule is CCN(CC(CN)CC(C)(C)C)c1ccccc1C.